The molecule has 2 atom stereocenters. The van der Waals surface area contributed by atoms with Crippen molar-refractivity contribution in [2.75, 3.05) is 43.4 Å². The second kappa shape index (κ2) is 15.1. The van der Waals surface area contributed by atoms with E-state index in [4.69, 9.17) is 0 Å². The zero-order valence-corrected chi connectivity index (χ0v) is 29.6. The highest BCUT2D eigenvalue weighted by Crippen LogP contribution is 2.45. The number of amides is 4. The maximum atomic E-state index is 13.1. The van der Waals surface area contributed by atoms with E-state index in [0.717, 1.165) is 12.8 Å². The van der Waals surface area contributed by atoms with Gasteiger partial charge < -0.3 is 21.3 Å². The largest absolute Gasteiger partial charge is 0.337 e. The molecule has 1 fully saturated rings. The third-order valence-electron chi connectivity index (χ3n) is 8.32. The Bertz CT molecular complexity index is 1590. The molecule has 0 aliphatic heterocycles. The Morgan fingerprint density at radius 3 is 1.65 bits per heavy atom. The third kappa shape index (κ3) is 9.43. The van der Waals surface area contributed by atoms with Gasteiger partial charge >= 0.3 is 12.1 Å². The summed E-state index contributed by atoms with van der Waals surface area (Å²) in [4.78, 5) is 26.2. The second-order valence-corrected chi connectivity index (χ2v) is 16.8. The molecule has 2 aromatic carbocycles. The normalized spacial score (nSPS) is 19.9. The Hall–Kier alpha value is -3.20. The van der Waals surface area contributed by atoms with Crippen LogP contribution in [0.1, 0.15) is 67.7 Å². The van der Waals surface area contributed by atoms with Gasteiger partial charge in [0.05, 0.1) is 9.79 Å². The fraction of sp³-hybridized carbons (Fsp3) is 0.562. The summed E-state index contributed by atoms with van der Waals surface area (Å²) in [5.74, 6) is 0. The van der Waals surface area contributed by atoms with E-state index in [9.17, 15) is 26.4 Å². The molecule has 1 aliphatic carbocycles. The SMILES string of the molecule is CCN(CC)S(=O)(=O)c1cccc(NC(=O)NC[C@@]2(C)C[C@H](NC(=O)Nc3cccc(S(=O)(=O)N(CC)CC)c3)CC(C)(C)C2)c1. The van der Waals surface area contributed by atoms with E-state index >= 15 is 0 Å². The average molecular weight is 679 g/mol. The summed E-state index contributed by atoms with van der Waals surface area (Å²) in [6, 6.07) is 11.3. The van der Waals surface area contributed by atoms with E-state index in [0.29, 0.717) is 50.5 Å². The molecule has 0 unspecified atom stereocenters. The highest BCUT2D eigenvalue weighted by atomic mass is 32.2. The number of rotatable bonds is 13. The minimum atomic E-state index is -3.67. The van der Waals surface area contributed by atoms with Gasteiger partial charge in [0.2, 0.25) is 20.0 Å². The monoisotopic (exact) mass is 678 g/mol. The van der Waals surface area contributed by atoms with Crippen molar-refractivity contribution in [2.45, 2.75) is 83.6 Å². The second-order valence-electron chi connectivity index (χ2n) is 12.9. The zero-order valence-electron chi connectivity index (χ0n) is 28.0. The molecular formula is C32H50N6O6S2. The molecular weight excluding hydrogens is 629 g/mol. The van der Waals surface area contributed by atoms with E-state index in [-0.39, 0.29) is 26.7 Å². The van der Waals surface area contributed by atoms with Crippen molar-refractivity contribution in [2.24, 2.45) is 10.8 Å². The van der Waals surface area contributed by atoms with Gasteiger partial charge in [0.1, 0.15) is 0 Å². The van der Waals surface area contributed by atoms with E-state index < -0.39 is 32.1 Å². The molecule has 4 N–H and O–H groups in total. The predicted octanol–water partition coefficient (Wildman–Crippen LogP) is 5.28. The summed E-state index contributed by atoms with van der Waals surface area (Å²) < 4.78 is 54.4. The highest BCUT2D eigenvalue weighted by molar-refractivity contribution is 7.89. The first-order valence-corrected chi connectivity index (χ1v) is 18.7. The van der Waals surface area contributed by atoms with Crippen LogP contribution in [0.5, 0.6) is 0 Å². The summed E-state index contributed by atoms with van der Waals surface area (Å²) in [5, 5.41) is 11.5. The number of carbonyl (C=O) groups is 2. The molecule has 46 heavy (non-hydrogen) atoms. The van der Waals surface area contributed by atoms with Crippen LogP contribution in [0.4, 0.5) is 21.0 Å². The Kier molecular flexibility index (Phi) is 12.3. The van der Waals surface area contributed by atoms with Gasteiger partial charge in [0.25, 0.3) is 0 Å². The van der Waals surface area contributed by atoms with Gasteiger partial charge in [-0.2, -0.15) is 8.61 Å². The summed E-state index contributed by atoms with van der Waals surface area (Å²) >= 11 is 0. The van der Waals surface area contributed by atoms with Crippen molar-refractivity contribution in [3.63, 3.8) is 0 Å². The van der Waals surface area contributed by atoms with Gasteiger partial charge in [-0.25, -0.2) is 26.4 Å². The lowest BCUT2D eigenvalue weighted by Crippen LogP contribution is -2.51. The van der Waals surface area contributed by atoms with Crippen molar-refractivity contribution < 1.29 is 26.4 Å². The number of nitrogens with zero attached hydrogens (tertiary/aromatic N) is 2. The standard InChI is InChI=1S/C32H50N6O6S2/c1-8-37(9-2)45(41,42)27-16-12-14-24(18-27)34-29(39)33-23-32(7)21-26(20-31(5,6)22-32)36-30(40)35-25-15-13-17-28(19-25)46(43,44)38(10-3)11-4/h12-19,26H,8-11,20-23H2,1-7H3,(H2,33,34,39)(H2,35,36,40)/t26-,32+/m1/s1. The molecule has 0 bridgehead atoms. The first-order chi connectivity index (χ1) is 21.5. The minimum Gasteiger partial charge on any atom is -0.337 e. The van der Waals surface area contributed by atoms with Crippen molar-refractivity contribution in [1.82, 2.24) is 19.2 Å². The first-order valence-electron chi connectivity index (χ1n) is 15.8. The molecule has 1 saturated carbocycles. The molecule has 2 aromatic rings. The van der Waals surface area contributed by atoms with Crippen LogP contribution < -0.4 is 21.3 Å². The predicted molar refractivity (Wildman–Crippen MR) is 182 cm³/mol. The van der Waals surface area contributed by atoms with Gasteiger partial charge in [-0.3, -0.25) is 0 Å². The molecule has 0 radical (unpaired) electrons. The lowest BCUT2D eigenvalue weighted by atomic mass is 9.62. The number of anilines is 2. The van der Waals surface area contributed by atoms with Crippen molar-refractivity contribution in [3.05, 3.63) is 48.5 Å². The first kappa shape index (κ1) is 37.3. The van der Waals surface area contributed by atoms with Gasteiger partial charge in [0, 0.05) is 50.1 Å². The van der Waals surface area contributed by atoms with Crippen LogP contribution in [0.3, 0.4) is 0 Å². The van der Waals surface area contributed by atoms with Gasteiger partial charge in [-0.1, -0.05) is 60.6 Å². The maximum absolute atomic E-state index is 13.1. The van der Waals surface area contributed by atoms with E-state index in [1.807, 2.05) is 0 Å². The lowest BCUT2D eigenvalue weighted by Gasteiger charge is -2.46. The number of urea groups is 2. The van der Waals surface area contributed by atoms with Gasteiger partial charge in [-0.15, -0.1) is 0 Å². The minimum absolute atomic E-state index is 0.111. The van der Waals surface area contributed by atoms with E-state index in [1.54, 1.807) is 52.0 Å². The van der Waals surface area contributed by atoms with Crippen LogP contribution in [0.15, 0.2) is 58.3 Å². The molecule has 0 spiro atoms. The van der Waals surface area contributed by atoms with Crippen molar-refractivity contribution >= 4 is 43.5 Å². The number of sulfonamides is 2. The van der Waals surface area contributed by atoms with Crippen LogP contribution in [0.25, 0.3) is 0 Å². The fourth-order valence-electron chi connectivity index (χ4n) is 6.59. The highest BCUT2D eigenvalue weighted by Gasteiger charge is 2.42. The van der Waals surface area contributed by atoms with E-state index in [1.165, 1.54) is 32.9 Å². The van der Waals surface area contributed by atoms with Gasteiger partial charge in [0.15, 0.2) is 0 Å². The van der Waals surface area contributed by atoms with Crippen LogP contribution >= 0.6 is 0 Å². The topological polar surface area (TPSA) is 157 Å². The van der Waals surface area contributed by atoms with Crippen LogP contribution in [-0.2, 0) is 20.0 Å². The number of nitrogens with one attached hydrogen (secondary N) is 4. The summed E-state index contributed by atoms with van der Waals surface area (Å²) in [6.07, 6.45) is 2.15. The molecule has 3 rings (SSSR count). The Morgan fingerprint density at radius 2 is 1.20 bits per heavy atom. The Labute approximate surface area is 274 Å². The molecule has 0 aromatic heterocycles. The smallest absolute Gasteiger partial charge is 0.319 e. The quantitative estimate of drug-likeness (QED) is 0.226. The molecule has 12 nitrogen and oxygen atoms in total. The Morgan fingerprint density at radius 1 is 0.739 bits per heavy atom. The van der Waals surface area contributed by atoms with Crippen molar-refractivity contribution in [1.29, 1.82) is 0 Å². The molecule has 0 heterocycles. The van der Waals surface area contributed by atoms with Crippen LogP contribution in [0.2, 0.25) is 0 Å². The zero-order chi connectivity index (χ0) is 34.3. The van der Waals surface area contributed by atoms with Crippen molar-refractivity contribution in [3.8, 4) is 0 Å². The number of hydrogen-bond acceptors (Lipinski definition) is 6. The van der Waals surface area contributed by atoms with E-state index in [2.05, 4.69) is 42.0 Å². The van der Waals surface area contributed by atoms with Crippen LogP contribution in [0, 0.1) is 10.8 Å². The molecule has 1 aliphatic rings. The molecule has 14 heteroatoms. The number of hydrogen-bond donors (Lipinski definition) is 4. The Balaban J connectivity index is 1.63. The maximum Gasteiger partial charge on any atom is 0.319 e. The molecule has 4 amide bonds. The summed E-state index contributed by atoms with van der Waals surface area (Å²) in [7, 11) is -7.34. The fourth-order valence-corrected chi connectivity index (χ4v) is 9.59. The van der Waals surface area contributed by atoms with Gasteiger partial charge in [-0.05, 0) is 66.5 Å². The number of benzene rings is 2. The third-order valence-corrected chi connectivity index (χ3v) is 12.4. The average Bonchev–Trinajstić information content (AvgIpc) is 2.96. The lowest BCUT2D eigenvalue weighted by molar-refractivity contribution is 0.0761. The number of carbonyl (C=O) groups excluding carboxylic acids is 2. The summed E-state index contributed by atoms with van der Waals surface area (Å²) in [6.45, 7) is 15.1. The summed E-state index contributed by atoms with van der Waals surface area (Å²) in [5.41, 5.74) is 0.261. The molecule has 256 valence electrons. The van der Waals surface area contributed by atoms with Crippen LogP contribution in [-0.4, -0.2) is 76.3 Å². The molecule has 0 saturated heterocycles.